The van der Waals surface area contributed by atoms with Crippen LogP contribution in [0.5, 0.6) is 0 Å². The van der Waals surface area contributed by atoms with Crippen molar-refractivity contribution in [1.29, 1.82) is 0 Å². The minimum Gasteiger partial charge on any atom is -0.321 e. The Morgan fingerprint density at radius 3 is 2.32 bits per heavy atom. The van der Waals surface area contributed by atoms with Gasteiger partial charge in [0.15, 0.2) is 0 Å². The van der Waals surface area contributed by atoms with Gasteiger partial charge in [0, 0.05) is 16.8 Å². The second kappa shape index (κ2) is 4.98. The molecule has 1 N–H and O–H groups in total. The van der Waals surface area contributed by atoms with Crippen LogP contribution in [0.1, 0.15) is 16.7 Å². The Balaban J connectivity index is 2.03. The zero-order valence-electron chi connectivity index (χ0n) is 11.0. The largest absolute Gasteiger partial charge is 0.416 e. The molecule has 1 aliphatic heterocycles. The summed E-state index contributed by atoms with van der Waals surface area (Å²) < 4.78 is 50.9. The van der Waals surface area contributed by atoms with Gasteiger partial charge in [-0.15, -0.1) is 0 Å². The third kappa shape index (κ3) is 2.59. The predicted octanol–water partition coefficient (Wildman–Crippen LogP) is 4.34. The zero-order chi connectivity index (χ0) is 15.9. The maximum absolute atomic E-state index is 12.9. The molecule has 0 aromatic heterocycles. The van der Waals surface area contributed by atoms with Gasteiger partial charge in [0.1, 0.15) is 5.82 Å². The number of amides is 1. The Hall–Kier alpha value is -2.63. The van der Waals surface area contributed by atoms with Crippen molar-refractivity contribution in [2.45, 2.75) is 6.18 Å². The van der Waals surface area contributed by atoms with Gasteiger partial charge < -0.3 is 5.32 Å². The second-order valence-corrected chi connectivity index (χ2v) is 4.82. The van der Waals surface area contributed by atoms with Crippen LogP contribution < -0.4 is 5.32 Å². The lowest BCUT2D eigenvalue weighted by atomic mass is 10.0. The molecule has 0 saturated carbocycles. The summed E-state index contributed by atoms with van der Waals surface area (Å²) in [5.74, 6) is -0.896. The van der Waals surface area contributed by atoms with Crippen LogP contribution in [0.4, 0.5) is 23.2 Å². The number of benzene rings is 2. The second-order valence-electron chi connectivity index (χ2n) is 4.82. The van der Waals surface area contributed by atoms with Crippen molar-refractivity contribution in [3.63, 3.8) is 0 Å². The lowest BCUT2D eigenvalue weighted by molar-refractivity contribution is -0.137. The van der Waals surface area contributed by atoms with Gasteiger partial charge in [-0.3, -0.25) is 4.79 Å². The Morgan fingerprint density at radius 1 is 1.00 bits per heavy atom. The third-order valence-corrected chi connectivity index (χ3v) is 3.31. The molecule has 2 aromatic carbocycles. The number of hydrogen-bond acceptors (Lipinski definition) is 1. The van der Waals surface area contributed by atoms with Gasteiger partial charge in [0.2, 0.25) is 0 Å². The fourth-order valence-electron chi connectivity index (χ4n) is 2.24. The van der Waals surface area contributed by atoms with Gasteiger partial charge in [0.05, 0.1) is 5.56 Å². The Labute approximate surface area is 123 Å². The minimum absolute atomic E-state index is 0.119. The summed E-state index contributed by atoms with van der Waals surface area (Å²) in [4.78, 5) is 11.9. The molecule has 0 fully saturated rings. The molecule has 112 valence electrons. The maximum Gasteiger partial charge on any atom is 0.416 e. The first-order valence-electron chi connectivity index (χ1n) is 6.35. The molecule has 0 unspecified atom stereocenters. The highest BCUT2D eigenvalue weighted by Gasteiger charge is 2.33. The molecule has 22 heavy (non-hydrogen) atoms. The third-order valence-electron chi connectivity index (χ3n) is 3.31. The summed E-state index contributed by atoms with van der Waals surface area (Å²) >= 11 is 0. The standard InChI is InChI=1S/C16H9F4NO/c17-11-4-1-9(2-5-11)7-13-12-6-3-10(16(18,19)20)8-14(12)21-15(13)22/h1-8H,(H,21,22)/b13-7-. The van der Waals surface area contributed by atoms with Crippen LogP contribution in [-0.2, 0) is 11.0 Å². The SMILES string of the molecule is O=C1Nc2cc(C(F)(F)F)ccc2/C1=C/c1ccc(F)cc1. The Kier molecular flexibility index (Phi) is 3.24. The summed E-state index contributed by atoms with van der Waals surface area (Å²) in [7, 11) is 0. The average Bonchev–Trinajstić information content (AvgIpc) is 2.76. The van der Waals surface area contributed by atoms with E-state index in [0.29, 0.717) is 11.1 Å². The van der Waals surface area contributed by atoms with E-state index >= 15 is 0 Å². The van der Waals surface area contributed by atoms with Crippen molar-refractivity contribution in [3.05, 3.63) is 65.0 Å². The highest BCUT2D eigenvalue weighted by Crippen LogP contribution is 2.38. The fourth-order valence-corrected chi connectivity index (χ4v) is 2.24. The number of alkyl halides is 3. The van der Waals surface area contributed by atoms with Crippen molar-refractivity contribution in [2.24, 2.45) is 0 Å². The molecule has 1 heterocycles. The van der Waals surface area contributed by atoms with Crippen molar-refractivity contribution in [3.8, 4) is 0 Å². The van der Waals surface area contributed by atoms with Crippen LogP contribution in [0.25, 0.3) is 11.6 Å². The number of hydrogen-bond donors (Lipinski definition) is 1. The van der Waals surface area contributed by atoms with Crippen LogP contribution in [0, 0.1) is 5.82 Å². The molecule has 0 atom stereocenters. The van der Waals surface area contributed by atoms with E-state index in [1.54, 1.807) is 0 Å². The van der Waals surface area contributed by atoms with Crippen LogP contribution in [0.15, 0.2) is 42.5 Å². The Bertz CT molecular complexity index is 776. The molecule has 3 rings (SSSR count). The molecular formula is C16H9F4NO. The first-order chi connectivity index (χ1) is 10.3. The van der Waals surface area contributed by atoms with E-state index in [-0.39, 0.29) is 11.3 Å². The van der Waals surface area contributed by atoms with E-state index in [9.17, 15) is 22.4 Å². The van der Waals surface area contributed by atoms with Crippen molar-refractivity contribution in [1.82, 2.24) is 0 Å². The van der Waals surface area contributed by atoms with Crippen LogP contribution in [0.2, 0.25) is 0 Å². The summed E-state index contributed by atoms with van der Waals surface area (Å²) in [5, 5.41) is 2.41. The number of halogens is 4. The lowest BCUT2D eigenvalue weighted by Crippen LogP contribution is -2.06. The molecule has 1 amide bonds. The highest BCUT2D eigenvalue weighted by atomic mass is 19.4. The first kappa shape index (κ1) is 14.3. The molecule has 6 heteroatoms. The monoisotopic (exact) mass is 307 g/mol. The molecule has 2 aromatic rings. The van der Waals surface area contributed by atoms with Gasteiger partial charge in [-0.25, -0.2) is 4.39 Å². The van der Waals surface area contributed by atoms with Crippen LogP contribution >= 0.6 is 0 Å². The highest BCUT2D eigenvalue weighted by molar-refractivity contribution is 6.34. The van der Waals surface area contributed by atoms with E-state index in [1.165, 1.54) is 36.4 Å². The van der Waals surface area contributed by atoms with Crippen molar-refractivity contribution < 1.29 is 22.4 Å². The van der Waals surface area contributed by atoms with Crippen molar-refractivity contribution >= 4 is 23.2 Å². The predicted molar refractivity (Wildman–Crippen MR) is 74.3 cm³/mol. The molecular weight excluding hydrogens is 298 g/mol. The molecule has 0 bridgehead atoms. The summed E-state index contributed by atoms with van der Waals surface area (Å²) in [6.45, 7) is 0. The quantitative estimate of drug-likeness (QED) is 0.616. The first-order valence-corrected chi connectivity index (χ1v) is 6.35. The van der Waals surface area contributed by atoms with Gasteiger partial charge >= 0.3 is 6.18 Å². The summed E-state index contributed by atoms with van der Waals surface area (Å²) in [5.41, 5.74) is 0.514. The van der Waals surface area contributed by atoms with Gasteiger partial charge in [-0.2, -0.15) is 13.2 Å². The molecule has 0 spiro atoms. The Morgan fingerprint density at radius 2 is 1.68 bits per heavy atom. The van der Waals surface area contributed by atoms with E-state index < -0.39 is 23.5 Å². The smallest absolute Gasteiger partial charge is 0.321 e. The van der Waals surface area contributed by atoms with E-state index in [0.717, 1.165) is 12.1 Å². The number of carbonyl (C=O) groups is 1. The molecule has 0 aliphatic carbocycles. The normalized spacial score (nSPS) is 15.8. The fraction of sp³-hybridized carbons (Fsp3) is 0.0625. The van der Waals surface area contributed by atoms with Crippen LogP contribution in [-0.4, -0.2) is 5.91 Å². The van der Waals surface area contributed by atoms with Gasteiger partial charge in [-0.05, 0) is 35.9 Å². The zero-order valence-corrected chi connectivity index (χ0v) is 11.0. The number of anilines is 1. The van der Waals surface area contributed by atoms with Crippen molar-refractivity contribution in [2.75, 3.05) is 5.32 Å². The van der Waals surface area contributed by atoms with Crippen LogP contribution in [0.3, 0.4) is 0 Å². The molecule has 1 aliphatic rings. The van der Waals surface area contributed by atoms with Gasteiger partial charge in [-0.1, -0.05) is 18.2 Å². The number of carbonyl (C=O) groups excluding carboxylic acids is 1. The molecule has 0 radical (unpaired) electrons. The summed E-state index contributed by atoms with van der Waals surface area (Å²) in [6.07, 6.45) is -2.96. The number of nitrogens with one attached hydrogen (secondary N) is 1. The maximum atomic E-state index is 12.9. The number of rotatable bonds is 1. The molecule has 0 saturated heterocycles. The average molecular weight is 307 g/mol. The lowest BCUT2D eigenvalue weighted by Gasteiger charge is -2.08. The van der Waals surface area contributed by atoms with Gasteiger partial charge in [0.25, 0.3) is 5.91 Å². The number of fused-ring (bicyclic) bond motifs is 1. The van der Waals surface area contributed by atoms with E-state index in [4.69, 9.17) is 0 Å². The summed E-state index contributed by atoms with van der Waals surface area (Å²) in [6, 6.07) is 8.54. The van der Waals surface area contributed by atoms with E-state index in [1.807, 2.05) is 0 Å². The topological polar surface area (TPSA) is 29.1 Å². The molecule has 2 nitrogen and oxygen atoms in total. The minimum atomic E-state index is -4.47. The van der Waals surface area contributed by atoms with E-state index in [2.05, 4.69) is 5.32 Å².